The Morgan fingerprint density at radius 2 is 1.57 bits per heavy atom. The van der Waals surface area contributed by atoms with Crippen LogP contribution in [0.5, 0.6) is 0 Å². The Bertz CT molecular complexity index is 740. The number of benzene rings is 2. The minimum absolute atomic E-state index is 0.0410. The summed E-state index contributed by atoms with van der Waals surface area (Å²) in [6.45, 7) is 0. The summed E-state index contributed by atoms with van der Waals surface area (Å²) in [6, 6.07) is 9.65. The minimum Gasteiger partial charge on any atom is -0.280 e. The molecule has 0 spiro atoms. The number of nitrogens with one attached hydrogen (secondary N) is 1. The van der Waals surface area contributed by atoms with Gasteiger partial charge in [-0.3, -0.25) is 4.72 Å². The van der Waals surface area contributed by atoms with Gasteiger partial charge in [-0.2, -0.15) is 0 Å². The van der Waals surface area contributed by atoms with Gasteiger partial charge in [0.05, 0.1) is 10.0 Å². The van der Waals surface area contributed by atoms with Gasteiger partial charge in [-0.05, 0) is 29.8 Å². The van der Waals surface area contributed by atoms with Crippen LogP contribution < -0.4 is 4.72 Å². The molecule has 0 bridgehead atoms. The smallest absolute Gasteiger partial charge is 0.264 e. The molecule has 2 aromatic rings. The van der Waals surface area contributed by atoms with E-state index in [1.807, 2.05) is 0 Å². The summed E-state index contributed by atoms with van der Waals surface area (Å²) < 4.78 is 27.8. The number of sulfonamides is 1. The third kappa shape index (κ3) is 4.05. The predicted octanol–water partition coefficient (Wildman–Crippen LogP) is 5.30. The molecule has 0 fully saturated rings. The number of hydrogen-bond donors (Lipinski definition) is 1. The second-order valence-corrected chi connectivity index (χ2v) is 7.75. The first kappa shape index (κ1) is 16.9. The van der Waals surface area contributed by atoms with Crippen molar-refractivity contribution >= 4 is 66.4 Å². The van der Waals surface area contributed by atoms with Gasteiger partial charge in [0.1, 0.15) is 4.90 Å². The topological polar surface area (TPSA) is 46.2 Å². The van der Waals surface area contributed by atoms with Gasteiger partial charge in [-0.25, -0.2) is 8.42 Å². The van der Waals surface area contributed by atoms with Gasteiger partial charge >= 0.3 is 0 Å². The van der Waals surface area contributed by atoms with Crippen LogP contribution in [0.2, 0.25) is 10.0 Å². The lowest BCUT2D eigenvalue weighted by molar-refractivity contribution is 0.601. The van der Waals surface area contributed by atoms with Crippen LogP contribution in [0, 0.1) is 0 Å². The monoisotopic (exact) mass is 427 g/mol. The lowest BCUT2D eigenvalue weighted by Gasteiger charge is -2.11. The van der Waals surface area contributed by atoms with Gasteiger partial charge in [-0.1, -0.05) is 51.3 Å². The standard InChI is InChI=1S/C13H9BrCl3NO2S/c14-9-5-11(16)13(12(17)6-9)21(19,20)18-10-3-1-8(7-15)2-4-10/h1-6,18H,7H2. The van der Waals surface area contributed by atoms with Crippen LogP contribution in [0.25, 0.3) is 0 Å². The molecule has 21 heavy (non-hydrogen) atoms. The lowest BCUT2D eigenvalue weighted by Crippen LogP contribution is -2.14. The van der Waals surface area contributed by atoms with Crippen molar-refractivity contribution in [3.8, 4) is 0 Å². The maximum Gasteiger partial charge on any atom is 0.264 e. The molecule has 0 saturated heterocycles. The summed E-state index contributed by atoms with van der Waals surface area (Å²) in [6.07, 6.45) is 0. The maximum absolute atomic E-state index is 12.4. The molecule has 0 amide bonds. The van der Waals surface area contributed by atoms with Crippen molar-refractivity contribution in [1.29, 1.82) is 0 Å². The second kappa shape index (κ2) is 6.75. The van der Waals surface area contributed by atoms with Crippen molar-refractivity contribution in [1.82, 2.24) is 0 Å². The van der Waals surface area contributed by atoms with Gasteiger partial charge in [0.2, 0.25) is 0 Å². The van der Waals surface area contributed by atoms with E-state index < -0.39 is 10.0 Å². The number of alkyl halides is 1. The zero-order valence-corrected chi connectivity index (χ0v) is 15.1. The molecule has 0 saturated carbocycles. The Labute approximate surface area is 146 Å². The fourth-order valence-corrected chi connectivity index (χ4v) is 4.83. The Kier molecular flexibility index (Phi) is 5.43. The molecule has 1 N–H and O–H groups in total. The van der Waals surface area contributed by atoms with E-state index in [-0.39, 0.29) is 14.9 Å². The molecule has 2 aromatic carbocycles. The normalized spacial score (nSPS) is 11.4. The highest BCUT2D eigenvalue weighted by atomic mass is 79.9. The van der Waals surface area contributed by atoms with Crippen molar-refractivity contribution in [2.24, 2.45) is 0 Å². The van der Waals surface area contributed by atoms with E-state index in [0.717, 1.165) is 5.56 Å². The first-order chi connectivity index (χ1) is 9.83. The first-order valence-electron chi connectivity index (χ1n) is 5.66. The minimum atomic E-state index is -3.88. The molecule has 0 radical (unpaired) electrons. The van der Waals surface area contributed by atoms with E-state index in [4.69, 9.17) is 34.8 Å². The van der Waals surface area contributed by atoms with Crippen LogP contribution >= 0.6 is 50.7 Å². The van der Waals surface area contributed by atoms with E-state index >= 15 is 0 Å². The largest absolute Gasteiger partial charge is 0.280 e. The fraction of sp³-hybridized carbons (Fsp3) is 0.0769. The number of rotatable bonds is 4. The summed E-state index contributed by atoms with van der Waals surface area (Å²) in [7, 11) is -3.88. The Hall–Kier alpha value is -0.460. The molecule has 0 aliphatic carbocycles. The van der Waals surface area contributed by atoms with Crippen molar-refractivity contribution in [3.63, 3.8) is 0 Å². The molecule has 0 aromatic heterocycles. The van der Waals surface area contributed by atoms with Crippen LogP contribution in [0.1, 0.15) is 5.56 Å². The lowest BCUT2D eigenvalue weighted by atomic mass is 10.2. The van der Waals surface area contributed by atoms with Crippen molar-refractivity contribution < 1.29 is 8.42 Å². The summed E-state index contributed by atoms with van der Waals surface area (Å²) in [5.41, 5.74) is 1.29. The van der Waals surface area contributed by atoms with Gasteiger partial charge < -0.3 is 0 Å². The molecule has 0 unspecified atom stereocenters. The average Bonchev–Trinajstić information content (AvgIpc) is 2.37. The quantitative estimate of drug-likeness (QED) is 0.671. The highest BCUT2D eigenvalue weighted by Crippen LogP contribution is 2.33. The van der Waals surface area contributed by atoms with Crippen molar-refractivity contribution in [2.75, 3.05) is 4.72 Å². The summed E-state index contributed by atoms with van der Waals surface area (Å²) in [5.74, 6) is 0.359. The Morgan fingerprint density at radius 1 is 1.05 bits per heavy atom. The molecule has 8 heteroatoms. The Balaban J connectivity index is 2.38. The van der Waals surface area contributed by atoms with Crippen LogP contribution in [0.15, 0.2) is 45.8 Å². The number of halogens is 4. The molecule has 0 aliphatic heterocycles. The zero-order chi connectivity index (χ0) is 15.6. The first-order valence-corrected chi connectivity index (χ1v) is 9.22. The van der Waals surface area contributed by atoms with E-state index in [0.29, 0.717) is 16.0 Å². The van der Waals surface area contributed by atoms with Gasteiger partial charge in [0.25, 0.3) is 10.0 Å². The van der Waals surface area contributed by atoms with E-state index in [9.17, 15) is 8.42 Å². The Morgan fingerprint density at radius 3 is 2.05 bits per heavy atom. The zero-order valence-electron chi connectivity index (χ0n) is 10.4. The third-order valence-corrected chi connectivity index (χ3v) is 5.66. The average molecular weight is 430 g/mol. The third-order valence-electron chi connectivity index (χ3n) is 2.59. The molecular formula is C13H9BrCl3NO2S. The van der Waals surface area contributed by atoms with Gasteiger partial charge in [-0.15, -0.1) is 11.6 Å². The summed E-state index contributed by atoms with van der Waals surface area (Å²) >= 11 is 20.9. The molecule has 3 nitrogen and oxygen atoms in total. The van der Waals surface area contributed by atoms with Crippen LogP contribution in [0.3, 0.4) is 0 Å². The summed E-state index contributed by atoms with van der Waals surface area (Å²) in [4.78, 5) is -0.157. The molecule has 2 rings (SSSR count). The highest BCUT2D eigenvalue weighted by Gasteiger charge is 2.22. The van der Waals surface area contributed by atoms with Crippen LogP contribution in [-0.2, 0) is 15.9 Å². The van der Waals surface area contributed by atoms with Crippen LogP contribution in [0.4, 0.5) is 5.69 Å². The SMILES string of the molecule is O=S(=O)(Nc1ccc(CCl)cc1)c1c(Cl)cc(Br)cc1Cl. The predicted molar refractivity (Wildman–Crippen MR) is 91.0 cm³/mol. The fourth-order valence-electron chi connectivity index (χ4n) is 1.65. The van der Waals surface area contributed by atoms with Gasteiger partial charge in [0, 0.05) is 16.0 Å². The highest BCUT2D eigenvalue weighted by molar-refractivity contribution is 9.10. The van der Waals surface area contributed by atoms with Crippen LogP contribution in [-0.4, -0.2) is 8.42 Å². The van der Waals surface area contributed by atoms with E-state index in [2.05, 4.69) is 20.7 Å². The summed E-state index contributed by atoms with van der Waals surface area (Å²) in [5, 5.41) is 0.0820. The van der Waals surface area contributed by atoms with Crippen molar-refractivity contribution in [2.45, 2.75) is 10.8 Å². The van der Waals surface area contributed by atoms with E-state index in [1.54, 1.807) is 24.3 Å². The van der Waals surface area contributed by atoms with Gasteiger partial charge in [0.15, 0.2) is 0 Å². The molecule has 0 aliphatic rings. The van der Waals surface area contributed by atoms with Crippen molar-refractivity contribution in [3.05, 3.63) is 56.5 Å². The molecule has 0 heterocycles. The number of anilines is 1. The van der Waals surface area contributed by atoms with E-state index in [1.165, 1.54) is 12.1 Å². The molecule has 112 valence electrons. The second-order valence-electron chi connectivity index (χ2n) is 4.13. The maximum atomic E-state index is 12.4. The number of hydrogen-bond acceptors (Lipinski definition) is 2. The molecule has 0 atom stereocenters. The molecular weight excluding hydrogens is 420 g/mol.